The number of fused-ring (bicyclic) bond motifs is 1. The van der Waals surface area contributed by atoms with Crippen LogP contribution in [-0.4, -0.2) is 36.7 Å². The number of hydrogen-bond donors (Lipinski definition) is 2. The Bertz CT molecular complexity index is 1310. The van der Waals surface area contributed by atoms with Crippen LogP contribution in [0.2, 0.25) is 0 Å². The monoisotopic (exact) mass is 430 g/mol. The topological polar surface area (TPSA) is 88.5 Å². The highest BCUT2D eigenvalue weighted by molar-refractivity contribution is 5.93. The fraction of sp³-hybridized carbons (Fsp3) is 0.250. The van der Waals surface area contributed by atoms with Crippen LogP contribution in [0.5, 0.6) is 0 Å². The van der Waals surface area contributed by atoms with Gasteiger partial charge in [0.2, 0.25) is 0 Å². The molecule has 0 aliphatic heterocycles. The molecule has 1 aromatic carbocycles. The summed E-state index contributed by atoms with van der Waals surface area (Å²) in [7, 11) is 1.85. The van der Waals surface area contributed by atoms with Gasteiger partial charge >= 0.3 is 0 Å². The van der Waals surface area contributed by atoms with Crippen molar-refractivity contribution >= 4 is 17.1 Å². The van der Waals surface area contributed by atoms with Gasteiger partial charge in [-0.2, -0.15) is 5.10 Å². The van der Waals surface area contributed by atoms with Gasteiger partial charge in [-0.3, -0.25) is 9.48 Å². The zero-order chi connectivity index (χ0) is 22.5. The summed E-state index contributed by atoms with van der Waals surface area (Å²) < 4.78 is 15.2. The number of aryl methyl sites for hydroxylation is 1. The fourth-order valence-electron chi connectivity index (χ4n) is 3.38. The smallest absolute Gasteiger partial charge is 0.296 e. The highest BCUT2D eigenvalue weighted by Crippen LogP contribution is 2.28. The molecule has 7 nitrogen and oxygen atoms in total. The van der Waals surface area contributed by atoms with E-state index in [1.54, 1.807) is 30.1 Å². The minimum absolute atomic E-state index is 0.132. The zero-order valence-corrected chi connectivity index (χ0v) is 17.9. The number of H-pyrrole nitrogens is 1. The second-order valence-electron chi connectivity index (χ2n) is 7.53. The molecule has 1 saturated carbocycles. The van der Waals surface area contributed by atoms with Gasteiger partial charge in [-0.15, -0.1) is 0 Å². The maximum atomic E-state index is 13.5. The number of pyridine rings is 1. The number of imidazole rings is 1. The van der Waals surface area contributed by atoms with Crippen molar-refractivity contribution in [2.75, 3.05) is 0 Å². The minimum atomic E-state index is -0.269. The lowest BCUT2D eigenvalue weighted by Crippen LogP contribution is -2.38. The van der Waals surface area contributed by atoms with Crippen LogP contribution >= 0.6 is 0 Å². The summed E-state index contributed by atoms with van der Waals surface area (Å²) in [5.74, 6) is 5.30. The van der Waals surface area contributed by atoms with Crippen LogP contribution in [0.4, 0.5) is 4.39 Å². The summed E-state index contributed by atoms with van der Waals surface area (Å²) >= 11 is 0. The number of carbonyl (C=O) groups excluding carboxylic acids is 1. The molecule has 1 aliphatic carbocycles. The number of rotatable bonds is 3. The van der Waals surface area contributed by atoms with Gasteiger partial charge in [0.25, 0.3) is 5.91 Å². The third-order valence-corrected chi connectivity index (χ3v) is 5.18. The quantitative estimate of drug-likeness (QED) is 0.484. The van der Waals surface area contributed by atoms with E-state index in [0.717, 1.165) is 35.0 Å². The van der Waals surface area contributed by atoms with Gasteiger partial charge in [-0.05, 0) is 55.9 Å². The first-order valence-corrected chi connectivity index (χ1v) is 10.4. The van der Waals surface area contributed by atoms with E-state index in [1.165, 1.54) is 18.6 Å². The first-order chi connectivity index (χ1) is 15.5. The maximum absolute atomic E-state index is 13.5. The van der Waals surface area contributed by atoms with Crippen LogP contribution in [0.25, 0.3) is 33.7 Å². The predicted octanol–water partition coefficient (Wildman–Crippen LogP) is 3.84. The van der Waals surface area contributed by atoms with Crippen molar-refractivity contribution in [3.05, 3.63) is 54.7 Å². The van der Waals surface area contributed by atoms with Crippen molar-refractivity contribution in [3.8, 4) is 34.4 Å². The van der Waals surface area contributed by atoms with Gasteiger partial charge in [-0.1, -0.05) is 18.1 Å². The average molecular weight is 430 g/mol. The molecule has 3 heterocycles. The Balaban J connectivity index is 0.000000207. The van der Waals surface area contributed by atoms with E-state index < -0.39 is 0 Å². The van der Waals surface area contributed by atoms with Gasteiger partial charge < -0.3 is 10.3 Å². The molecular formula is C24H23FN6O. The Kier molecular flexibility index (Phi) is 6.26. The molecule has 0 atom stereocenters. The lowest BCUT2D eigenvalue weighted by Gasteiger charge is -2.25. The number of amides is 1. The Morgan fingerprint density at radius 1 is 1.28 bits per heavy atom. The van der Waals surface area contributed by atoms with Crippen molar-refractivity contribution in [2.24, 2.45) is 7.05 Å². The van der Waals surface area contributed by atoms with E-state index in [0.29, 0.717) is 17.5 Å². The van der Waals surface area contributed by atoms with E-state index in [9.17, 15) is 9.18 Å². The number of carbonyl (C=O) groups is 1. The molecule has 8 heteroatoms. The van der Waals surface area contributed by atoms with Gasteiger partial charge in [0.15, 0.2) is 5.65 Å². The first kappa shape index (κ1) is 21.2. The molecule has 1 fully saturated rings. The molecule has 32 heavy (non-hydrogen) atoms. The van der Waals surface area contributed by atoms with E-state index >= 15 is 0 Å². The molecular weight excluding hydrogens is 407 g/mol. The highest BCUT2D eigenvalue weighted by Gasteiger charge is 2.18. The third kappa shape index (κ3) is 4.83. The van der Waals surface area contributed by atoms with Crippen LogP contribution in [0.15, 0.2) is 48.9 Å². The van der Waals surface area contributed by atoms with E-state index in [2.05, 4.69) is 37.2 Å². The van der Waals surface area contributed by atoms with Crippen molar-refractivity contribution in [3.63, 3.8) is 0 Å². The van der Waals surface area contributed by atoms with Gasteiger partial charge in [0.05, 0.1) is 17.3 Å². The van der Waals surface area contributed by atoms with E-state index in [4.69, 9.17) is 0 Å². The van der Waals surface area contributed by atoms with Crippen LogP contribution in [-0.2, 0) is 11.8 Å². The van der Waals surface area contributed by atoms with Crippen LogP contribution in [0.3, 0.4) is 0 Å². The largest absolute Gasteiger partial charge is 0.343 e. The number of halogens is 1. The zero-order valence-electron chi connectivity index (χ0n) is 17.9. The Labute approximate surface area is 185 Å². The molecule has 5 rings (SSSR count). The Hall–Kier alpha value is -3.99. The number of hydrogen-bond acceptors (Lipinski definition) is 4. The molecule has 0 spiro atoms. The summed E-state index contributed by atoms with van der Waals surface area (Å²) in [5, 5.41) is 6.95. The van der Waals surface area contributed by atoms with Crippen LogP contribution in [0, 0.1) is 17.7 Å². The molecule has 1 amide bonds. The van der Waals surface area contributed by atoms with Crippen LogP contribution < -0.4 is 5.32 Å². The molecule has 162 valence electrons. The van der Waals surface area contributed by atoms with Crippen LogP contribution in [0.1, 0.15) is 26.2 Å². The maximum Gasteiger partial charge on any atom is 0.296 e. The normalized spacial score (nSPS) is 12.8. The molecule has 0 radical (unpaired) electrons. The summed E-state index contributed by atoms with van der Waals surface area (Å²) in [6.07, 6.45) is 8.77. The fourth-order valence-corrected chi connectivity index (χ4v) is 3.38. The molecule has 0 bridgehead atoms. The standard InChI is InChI=1S/C16H12FN5.C8H11NO/c1-22-9-11(8-19-22)15-20-14-13(5-6-18-16(14)21-15)10-3-2-4-12(17)7-10;1-2-4-8(10)9-7-5-3-6-7/h2-9H,1H3,(H,18,20,21);7H,3,5-6H2,1H3,(H,9,10). The predicted molar refractivity (Wildman–Crippen MR) is 121 cm³/mol. The second kappa shape index (κ2) is 9.43. The van der Waals surface area contributed by atoms with Crippen molar-refractivity contribution in [1.29, 1.82) is 0 Å². The van der Waals surface area contributed by atoms with E-state index in [1.807, 2.05) is 25.4 Å². The van der Waals surface area contributed by atoms with Crippen molar-refractivity contribution < 1.29 is 9.18 Å². The number of nitrogens with one attached hydrogen (secondary N) is 2. The SMILES string of the molecule is CC#CC(=O)NC1CCC1.Cn1cc(-c2nc3nccc(-c4cccc(F)c4)c3[nH]2)cn1. The molecule has 0 saturated heterocycles. The van der Waals surface area contributed by atoms with Gasteiger partial charge in [-0.25, -0.2) is 14.4 Å². The number of benzene rings is 1. The van der Waals surface area contributed by atoms with Crippen molar-refractivity contribution in [2.45, 2.75) is 32.2 Å². The molecule has 1 aliphatic rings. The first-order valence-electron chi connectivity index (χ1n) is 10.4. The molecule has 2 N–H and O–H groups in total. The van der Waals surface area contributed by atoms with Gasteiger partial charge in [0.1, 0.15) is 11.6 Å². The number of aromatic amines is 1. The number of aromatic nitrogens is 5. The minimum Gasteiger partial charge on any atom is -0.343 e. The summed E-state index contributed by atoms with van der Waals surface area (Å²) in [5.41, 5.74) is 3.92. The average Bonchev–Trinajstić information content (AvgIpc) is 3.37. The Morgan fingerprint density at radius 2 is 2.12 bits per heavy atom. The lowest BCUT2D eigenvalue weighted by atomic mass is 9.93. The van der Waals surface area contributed by atoms with Gasteiger partial charge in [0, 0.05) is 31.0 Å². The second-order valence-corrected chi connectivity index (χ2v) is 7.53. The third-order valence-electron chi connectivity index (χ3n) is 5.18. The Morgan fingerprint density at radius 3 is 2.78 bits per heavy atom. The van der Waals surface area contributed by atoms with Crippen molar-refractivity contribution in [1.82, 2.24) is 30.0 Å². The van der Waals surface area contributed by atoms with E-state index in [-0.39, 0.29) is 11.7 Å². The summed E-state index contributed by atoms with van der Waals surface area (Å²) in [4.78, 5) is 22.8. The highest BCUT2D eigenvalue weighted by atomic mass is 19.1. The lowest BCUT2D eigenvalue weighted by molar-refractivity contribution is -0.116. The summed E-state index contributed by atoms with van der Waals surface area (Å²) in [6.45, 7) is 1.67. The number of nitrogens with zero attached hydrogens (tertiary/aromatic N) is 4. The molecule has 3 aromatic heterocycles. The molecule has 4 aromatic rings. The molecule has 0 unspecified atom stereocenters. The summed E-state index contributed by atoms with van der Waals surface area (Å²) in [6, 6.07) is 8.74.